The molecule has 4 heteroatoms. The number of benzene rings is 1. The van der Waals surface area contributed by atoms with Crippen LogP contribution >= 0.6 is 54.8 Å². The van der Waals surface area contributed by atoms with Crippen molar-refractivity contribution >= 4 is 54.8 Å². The first-order valence-corrected chi connectivity index (χ1v) is 8.04. The molecular weight excluding hydrogens is 383 g/mol. The summed E-state index contributed by atoms with van der Waals surface area (Å²) in [6, 6.07) is 8.66. The van der Waals surface area contributed by atoms with Crippen LogP contribution in [-0.4, -0.2) is 0 Å². The molecule has 1 heterocycles. The third-order valence-corrected chi connectivity index (χ3v) is 6.32. The van der Waals surface area contributed by atoms with Crippen LogP contribution in [0, 0.1) is 13.8 Å². The van der Waals surface area contributed by atoms with Crippen LogP contribution in [0.2, 0.25) is 4.34 Å². The van der Waals surface area contributed by atoms with E-state index in [2.05, 4.69) is 70.0 Å². The predicted octanol–water partition coefficient (Wildman–Crippen LogP) is 6.27. The lowest BCUT2D eigenvalue weighted by atomic mass is 10.0. The Morgan fingerprint density at radius 1 is 1.12 bits per heavy atom. The number of thiophene rings is 1. The SMILES string of the molecule is Cc1cc(C)cc(C(Br)c2cc(Br)c(Cl)s2)c1. The van der Waals surface area contributed by atoms with E-state index in [0.29, 0.717) is 0 Å². The molecular formula is C13H11Br2ClS. The predicted molar refractivity (Wildman–Crippen MR) is 83.7 cm³/mol. The van der Waals surface area contributed by atoms with E-state index in [1.807, 2.05) is 0 Å². The van der Waals surface area contributed by atoms with Crippen LogP contribution in [0.1, 0.15) is 26.4 Å². The van der Waals surface area contributed by atoms with E-state index >= 15 is 0 Å². The van der Waals surface area contributed by atoms with Gasteiger partial charge in [-0.3, -0.25) is 0 Å². The molecule has 0 N–H and O–H groups in total. The van der Waals surface area contributed by atoms with Gasteiger partial charge in [-0.1, -0.05) is 56.9 Å². The Bertz CT molecular complexity index is 509. The summed E-state index contributed by atoms with van der Waals surface area (Å²) in [6.07, 6.45) is 0. The number of alkyl halides is 1. The molecule has 1 aromatic carbocycles. The topological polar surface area (TPSA) is 0 Å². The van der Waals surface area contributed by atoms with E-state index in [-0.39, 0.29) is 4.83 Å². The summed E-state index contributed by atoms with van der Waals surface area (Å²) >= 11 is 14.9. The first-order chi connectivity index (χ1) is 7.97. The number of rotatable bonds is 2. The molecule has 0 radical (unpaired) electrons. The molecule has 0 saturated heterocycles. The number of halogens is 3. The van der Waals surface area contributed by atoms with E-state index in [4.69, 9.17) is 11.6 Å². The molecule has 90 valence electrons. The fourth-order valence-corrected chi connectivity index (χ4v) is 4.23. The largest absolute Gasteiger partial charge is 0.126 e. The molecule has 1 atom stereocenters. The van der Waals surface area contributed by atoms with Gasteiger partial charge in [-0.2, -0.15) is 0 Å². The van der Waals surface area contributed by atoms with Gasteiger partial charge >= 0.3 is 0 Å². The van der Waals surface area contributed by atoms with Gasteiger partial charge < -0.3 is 0 Å². The first kappa shape index (κ1) is 13.6. The van der Waals surface area contributed by atoms with Gasteiger partial charge in [0.2, 0.25) is 0 Å². The molecule has 0 aliphatic heterocycles. The van der Waals surface area contributed by atoms with Crippen molar-refractivity contribution < 1.29 is 0 Å². The van der Waals surface area contributed by atoms with Crippen molar-refractivity contribution in [1.29, 1.82) is 0 Å². The van der Waals surface area contributed by atoms with Crippen molar-refractivity contribution in [2.45, 2.75) is 18.7 Å². The normalized spacial score (nSPS) is 12.8. The summed E-state index contributed by atoms with van der Waals surface area (Å²) < 4.78 is 1.77. The Morgan fingerprint density at radius 2 is 1.71 bits per heavy atom. The van der Waals surface area contributed by atoms with Crippen molar-refractivity contribution in [2.24, 2.45) is 0 Å². The summed E-state index contributed by atoms with van der Waals surface area (Å²) in [5.74, 6) is 0. The Hall–Kier alpha value is 0.170. The second-order valence-electron chi connectivity index (χ2n) is 4.05. The Balaban J connectivity index is 2.39. The van der Waals surface area contributed by atoms with Crippen molar-refractivity contribution in [2.75, 3.05) is 0 Å². The summed E-state index contributed by atoms with van der Waals surface area (Å²) in [5.41, 5.74) is 3.84. The highest BCUT2D eigenvalue weighted by Gasteiger charge is 2.15. The minimum absolute atomic E-state index is 0.204. The molecule has 1 aromatic heterocycles. The van der Waals surface area contributed by atoms with Crippen molar-refractivity contribution in [3.63, 3.8) is 0 Å². The maximum atomic E-state index is 6.07. The smallest absolute Gasteiger partial charge is 0.107 e. The van der Waals surface area contributed by atoms with Gasteiger partial charge in [-0.25, -0.2) is 0 Å². The molecule has 0 nitrogen and oxygen atoms in total. The average molecular weight is 395 g/mol. The van der Waals surface area contributed by atoms with Gasteiger partial charge in [0.1, 0.15) is 4.34 Å². The Labute approximate surface area is 127 Å². The molecule has 0 spiro atoms. The molecule has 2 rings (SSSR count). The van der Waals surface area contributed by atoms with Crippen LogP contribution in [0.5, 0.6) is 0 Å². The fourth-order valence-electron chi connectivity index (χ4n) is 1.81. The second-order valence-corrected chi connectivity index (χ2v) is 7.51. The lowest BCUT2D eigenvalue weighted by Crippen LogP contribution is -1.91. The van der Waals surface area contributed by atoms with Crippen molar-refractivity contribution in [3.8, 4) is 0 Å². The third kappa shape index (κ3) is 3.14. The summed E-state index contributed by atoms with van der Waals surface area (Å²) in [6.45, 7) is 4.24. The highest BCUT2D eigenvalue weighted by molar-refractivity contribution is 9.10. The lowest BCUT2D eigenvalue weighted by Gasteiger charge is -2.10. The van der Waals surface area contributed by atoms with Crippen LogP contribution in [0.15, 0.2) is 28.7 Å². The Kier molecular flexibility index (Phi) is 4.35. The maximum absolute atomic E-state index is 6.07. The van der Waals surface area contributed by atoms with Gasteiger partial charge in [0.15, 0.2) is 0 Å². The average Bonchev–Trinajstić information content (AvgIpc) is 2.57. The molecule has 17 heavy (non-hydrogen) atoms. The molecule has 0 fully saturated rings. The van der Waals surface area contributed by atoms with Gasteiger partial charge in [-0.05, 0) is 41.4 Å². The minimum Gasteiger partial charge on any atom is -0.126 e. The van der Waals surface area contributed by atoms with E-state index in [9.17, 15) is 0 Å². The molecule has 0 bridgehead atoms. The van der Waals surface area contributed by atoms with E-state index in [1.165, 1.54) is 21.6 Å². The lowest BCUT2D eigenvalue weighted by molar-refractivity contribution is 1.19. The maximum Gasteiger partial charge on any atom is 0.107 e. The molecule has 0 saturated carbocycles. The van der Waals surface area contributed by atoms with Gasteiger partial charge in [0.05, 0.1) is 4.83 Å². The van der Waals surface area contributed by atoms with Gasteiger partial charge in [0.25, 0.3) is 0 Å². The zero-order valence-corrected chi connectivity index (χ0v) is 14.2. The number of hydrogen-bond acceptors (Lipinski definition) is 1. The van der Waals surface area contributed by atoms with Crippen LogP contribution in [0.4, 0.5) is 0 Å². The summed E-state index contributed by atoms with van der Waals surface area (Å²) in [5, 5.41) is 0. The molecule has 0 amide bonds. The molecule has 0 aliphatic rings. The molecule has 0 aliphatic carbocycles. The summed E-state index contributed by atoms with van der Waals surface area (Å²) in [7, 11) is 0. The van der Waals surface area contributed by atoms with Crippen LogP contribution in [0.3, 0.4) is 0 Å². The zero-order valence-electron chi connectivity index (χ0n) is 9.43. The van der Waals surface area contributed by atoms with E-state index in [1.54, 1.807) is 11.3 Å². The number of aryl methyl sites for hydroxylation is 2. The monoisotopic (exact) mass is 392 g/mol. The van der Waals surface area contributed by atoms with Gasteiger partial charge in [-0.15, -0.1) is 11.3 Å². The fraction of sp³-hybridized carbons (Fsp3) is 0.231. The third-order valence-electron chi connectivity index (χ3n) is 2.45. The highest BCUT2D eigenvalue weighted by Crippen LogP contribution is 2.41. The first-order valence-electron chi connectivity index (χ1n) is 5.14. The van der Waals surface area contributed by atoms with Crippen LogP contribution < -0.4 is 0 Å². The number of hydrogen-bond donors (Lipinski definition) is 0. The van der Waals surface area contributed by atoms with Crippen LogP contribution in [-0.2, 0) is 0 Å². The van der Waals surface area contributed by atoms with Crippen LogP contribution in [0.25, 0.3) is 0 Å². The second kappa shape index (κ2) is 5.43. The van der Waals surface area contributed by atoms with E-state index < -0.39 is 0 Å². The standard InChI is InChI=1S/C13H11Br2ClS/c1-7-3-8(2)5-9(4-7)12(15)11-6-10(14)13(16)17-11/h3-6,12H,1-2H3. The van der Waals surface area contributed by atoms with Crippen molar-refractivity contribution in [1.82, 2.24) is 0 Å². The Morgan fingerprint density at radius 3 is 2.18 bits per heavy atom. The molecule has 2 aromatic rings. The molecule has 1 unspecified atom stereocenters. The van der Waals surface area contributed by atoms with Crippen molar-refractivity contribution in [3.05, 3.63) is 54.6 Å². The zero-order chi connectivity index (χ0) is 12.6. The highest BCUT2D eigenvalue weighted by atomic mass is 79.9. The van der Waals surface area contributed by atoms with Gasteiger partial charge in [0, 0.05) is 9.35 Å². The summed E-state index contributed by atoms with van der Waals surface area (Å²) in [4.78, 5) is 1.42. The quantitative estimate of drug-likeness (QED) is 0.527. The minimum atomic E-state index is 0.204. The van der Waals surface area contributed by atoms with E-state index in [0.717, 1.165) is 8.81 Å².